The summed E-state index contributed by atoms with van der Waals surface area (Å²) < 4.78 is 0. The van der Waals surface area contributed by atoms with Crippen LogP contribution in [-0.2, 0) is 0 Å². The fourth-order valence-corrected chi connectivity index (χ4v) is 2.55. The van der Waals surface area contributed by atoms with Crippen LogP contribution in [-0.4, -0.2) is 23.0 Å². The highest BCUT2D eigenvalue weighted by Gasteiger charge is 2.42. The van der Waals surface area contributed by atoms with Crippen LogP contribution in [0.4, 0.5) is 0 Å². The van der Waals surface area contributed by atoms with E-state index < -0.39 is 0 Å². The smallest absolute Gasteiger partial charge is 0.0192 e. The number of allylic oxidation sites excluding steroid dienone is 1. The Morgan fingerprint density at radius 2 is 2.00 bits per heavy atom. The van der Waals surface area contributed by atoms with Gasteiger partial charge in [-0.25, -0.2) is 0 Å². The third kappa shape index (κ3) is 2.84. The fraction of sp³-hybridized carbons (Fsp3) is 0.714. The Kier molecular flexibility index (Phi) is 3.65. The second-order valence-corrected chi connectivity index (χ2v) is 5.83. The van der Waals surface area contributed by atoms with Crippen molar-refractivity contribution in [1.82, 2.24) is 4.90 Å². The third-order valence-electron chi connectivity index (χ3n) is 3.66. The summed E-state index contributed by atoms with van der Waals surface area (Å²) in [5, 5.41) is 0. The van der Waals surface area contributed by atoms with Gasteiger partial charge in [0.2, 0.25) is 0 Å². The van der Waals surface area contributed by atoms with E-state index in [0.29, 0.717) is 0 Å². The molecular weight excluding hydrogens is 182 g/mol. The minimum Gasteiger partial charge on any atom is -0.296 e. The molecule has 2 radical (unpaired) electrons. The second-order valence-electron chi connectivity index (χ2n) is 5.83. The fourth-order valence-electron chi connectivity index (χ4n) is 2.55. The van der Waals surface area contributed by atoms with Gasteiger partial charge in [0.25, 0.3) is 0 Å². The Bertz CT molecular complexity index is 209. The molecule has 0 unspecified atom stereocenters. The van der Waals surface area contributed by atoms with Crippen LogP contribution >= 0.6 is 0 Å². The molecule has 15 heavy (non-hydrogen) atoms. The highest BCUT2D eigenvalue weighted by molar-refractivity contribution is 5.22. The van der Waals surface area contributed by atoms with Crippen LogP contribution < -0.4 is 0 Å². The van der Waals surface area contributed by atoms with Crippen LogP contribution in [0.15, 0.2) is 12.7 Å². The molecule has 86 valence electrons. The van der Waals surface area contributed by atoms with Gasteiger partial charge >= 0.3 is 0 Å². The van der Waals surface area contributed by atoms with Crippen molar-refractivity contribution >= 4 is 0 Å². The Morgan fingerprint density at radius 3 is 2.47 bits per heavy atom. The number of piperidine rings is 1. The first kappa shape index (κ1) is 12.8. The molecule has 1 aliphatic heterocycles. The molecule has 0 aromatic rings. The van der Waals surface area contributed by atoms with Gasteiger partial charge in [0.1, 0.15) is 0 Å². The monoisotopic (exact) mass is 207 g/mol. The van der Waals surface area contributed by atoms with Crippen molar-refractivity contribution in [3.05, 3.63) is 25.0 Å². The molecule has 1 aliphatic rings. The first-order chi connectivity index (χ1) is 6.79. The first-order valence-corrected chi connectivity index (χ1v) is 5.85. The van der Waals surface area contributed by atoms with E-state index in [1.165, 1.54) is 12.8 Å². The molecule has 0 aromatic carbocycles. The van der Waals surface area contributed by atoms with Gasteiger partial charge < -0.3 is 0 Å². The van der Waals surface area contributed by atoms with Crippen molar-refractivity contribution in [3.8, 4) is 0 Å². The Balaban J connectivity index is 2.70. The molecule has 0 amide bonds. The van der Waals surface area contributed by atoms with E-state index in [-0.39, 0.29) is 11.1 Å². The highest BCUT2D eigenvalue weighted by atomic mass is 15.2. The summed E-state index contributed by atoms with van der Waals surface area (Å²) in [6, 6.07) is 0. The maximum Gasteiger partial charge on any atom is 0.0192 e. The van der Waals surface area contributed by atoms with Crippen molar-refractivity contribution in [1.29, 1.82) is 0 Å². The molecule has 0 saturated carbocycles. The quantitative estimate of drug-likeness (QED) is 0.639. The molecular formula is C14H25N. The van der Waals surface area contributed by atoms with Crippen molar-refractivity contribution < 1.29 is 0 Å². The largest absolute Gasteiger partial charge is 0.296 e. The van der Waals surface area contributed by atoms with E-state index in [1.807, 2.05) is 6.08 Å². The van der Waals surface area contributed by atoms with Gasteiger partial charge in [0.05, 0.1) is 0 Å². The highest BCUT2D eigenvalue weighted by Crippen LogP contribution is 2.42. The Hall–Kier alpha value is -0.300. The summed E-state index contributed by atoms with van der Waals surface area (Å²) in [4.78, 5) is 2.47. The van der Waals surface area contributed by atoms with Crippen LogP contribution in [0.25, 0.3) is 0 Å². The van der Waals surface area contributed by atoms with E-state index in [0.717, 1.165) is 6.42 Å². The Labute approximate surface area is 95.5 Å². The molecule has 1 heteroatoms. The molecule has 1 fully saturated rings. The minimum atomic E-state index is 0.179. The van der Waals surface area contributed by atoms with Gasteiger partial charge in [0, 0.05) is 11.1 Å². The normalized spacial score (nSPS) is 26.5. The summed E-state index contributed by atoms with van der Waals surface area (Å²) in [5.74, 6) is 1.59. The summed E-state index contributed by atoms with van der Waals surface area (Å²) in [6.45, 7) is 13.0. The molecule has 1 rings (SSSR count). The first-order valence-electron chi connectivity index (χ1n) is 5.85. The predicted molar refractivity (Wildman–Crippen MR) is 67.5 cm³/mol. The number of rotatable bonds is 3. The number of hydrogen-bond donors (Lipinski definition) is 0. The lowest BCUT2D eigenvalue weighted by Gasteiger charge is -2.53. The predicted octanol–water partition coefficient (Wildman–Crippen LogP) is 3.62. The molecule has 0 atom stereocenters. The van der Waals surface area contributed by atoms with Gasteiger partial charge in [-0.1, -0.05) is 6.08 Å². The van der Waals surface area contributed by atoms with E-state index >= 15 is 0 Å². The average Bonchev–Trinajstić information content (AvgIpc) is 2.10. The van der Waals surface area contributed by atoms with E-state index in [2.05, 4.69) is 52.6 Å². The van der Waals surface area contributed by atoms with Gasteiger partial charge in [-0.15, -0.1) is 6.58 Å². The summed E-state index contributed by atoms with van der Waals surface area (Å²) in [7, 11) is 2.22. The zero-order chi connectivity index (χ0) is 11.7. The van der Waals surface area contributed by atoms with Crippen LogP contribution in [0.3, 0.4) is 0 Å². The number of likely N-dealkylation sites (tertiary alicyclic amines) is 1. The maximum absolute atomic E-state index is 3.80. The van der Waals surface area contributed by atoms with E-state index in [9.17, 15) is 0 Å². The summed E-state index contributed by atoms with van der Waals surface area (Å²) in [6.07, 6.45) is 7.90. The van der Waals surface area contributed by atoms with Crippen LogP contribution in [0, 0.1) is 12.3 Å². The van der Waals surface area contributed by atoms with Crippen molar-refractivity contribution in [2.45, 2.75) is 58.0 Å². The topological polar surface area (TPSA) is 3.24 Å². The number of hydrogen-bond acceptors (Lipinski definition) is 1. The third-order valence-corrected chi connectivity index (χ3v) is 3.66. The molecule has 0 aliphatic carbocycles. The molecule has 0 spiro atoms. The standard InChI is InChI=1S/C14H25N/c1-7-8-9-12-10-13(2,3)15(6)14(4,5)11-12/h7,10H,1,8-9,11H2,2-6H3. The molecule has 1 nitrogen and oxygen atoms in total. The molecule has 1 heterocycles. The molecule has 0 N–H and O–H groups in total. The maximum atomic E-state index is 3.80. The van der Waals surface area contributed by atoms with E-state index in [4.69, 9.17) is 0 Å². The second kappa shape index (κ2) is 4.29. The number of nitrogens with zero attached hydrogens (tertiary/aromatic N) is 1. The summed E-state index contributed by atoms with van der Waals surface area (Å²) in [5.41, 5.74) is 0.451. The van der Waals surface area contributed by atoms with Gasteiger partial charge in [-0.05, 0) is 66.3 Å². The average molecular weight is 207 g/mol. The van der Waals surface area contributed by atoms with Crippen LogP contribution in [0.2, 0.25) is 0 Å². The SMILES string of the molecule is C=CCC[C]1[CH]C(C)(C)N(C)C(C)(C)C1. The molecule has 1 saturated heterocycles. The van der Waals surface area contributed by atoms with Gasteiger partial charge in [-0.2, -0.15) is 0 Å². The van der Waals surface area contributed by atoms with Crippen molar-refractivity contribution in [2.75, 3.05) is 7.05 Å². The zero-order valence-corrected chi connectivity index (χ0v) is 10.9. The van der Waals surface area contributed by atoms with Crippen LogP contribution in [0.5, 0.6) is 0 Å². The zero-order valence-electron chi connectivity index (χ0n) is 10.9. The lowest BCUT2D eigenvalue weighted by molar-refractivity contribution is 0.0377. The lowest BCUT2D eigenvalue weighted by atomic mass is 9.72. The van der Waals surface area contributed by atoms with Crippen molar-refractivity contribution in [3.63, 3.8) is 0 Å². The minimum absolute atomic E-state index is 0.179. The van der Waals surface area contributed by atoms with Gasteiger partial charge in [-0.3, -0.25) is 4.90 Å². The van der Waals surface area contributed by atoms with Crippen LogP contribution in [0.1, 0.15) is 47.0 Å². The van der Waals surface area contributed by atoms with Gasteiger partial charge in [0.15, 0.2) is 0 Å². The van der Waals surface area contributed by atoms with Crippen molar-refractivity contribution in [2.24, 2.45) is 0 Å². The Morgan fingerprint density at radius 1 is 1.40 bits per heavy atom. The lowest BCUT2D eigenvalue weighted by Crippen LogP contribution is -2.58. The molecule has 0 aromatic heterocycles. The molecule has 0 bridgehead atoms. The summed E-state index contributed by atoms with van der Waals surface area (Å²) >= 11 is 0. The van der Waals surface area contributed by atoms with E-state index in [1.54, 1.807) is 5.92 Å².